The first kappa shape index (κ1) is 18.9. The number of carbonyl (C=O) groups is 1. The summed E-state index contributed by atoms with van der Waals surface area (Å²) in [5.41, 5.74) is 1.75. The molecule has 0 atom stereocenters. The number of anilines is 1. The number of sulfonamides is 1. The Morgan fingerprint density at radius 3 is 2.56 bits per heavy atom. The highest BCUT2D eigenvalue weighted by Gasteiger charge is 2.29. The molecule has 0 bridgehead atoms. The van der Waals surface area contributed by atoms with E-state index in [1.54, 1.807) is 11.0 Å². The molecule has 1 aromatic carbocycles. The van der Waals surface area contributed by atoms with Crippen molar-refractivity contribution in [1.29, 1.82) is 0 Å². The predicted molar refractivity (Wildman–Crippen MR) is 102 cm³/mol. The molecule has 3 rings (SSSR count). The smallest absolute Gasteiger partial charge is 0.242 e. The van der Waals surface area contributed by atoms with Crippen LogP contribution in [0.25, 0.3) is 0 Å². The Labute approximate surface area is 158 Å². The summed E-state index contributed by atoms with van der Waals surface area (Å²) in [6.07, 6.45) is 7.44. The second-order valence-electron chi connectivity index (χ2n) is 6.87. The molecular weight excluding hydrogens is 404 g/mol. The van der Waals surface area contributed by atoms with E-state index in [1.807, 2.05) is 13.0 Å². The lowest BCUT2D eigenvalue weighted by molar-refractivity contribution is -0.118. The highest BCUT2D eigenvalue weighted by Crippen LogP contribution is 2.36. The predicted octanol–water partition coefficient (Wildman–Crippen LogP) is 3.75. The van der Waals surface area contributed by atoms with Crippen LogP contribution in [0.1, 0.15) is 57.4 Å². The number of carbonyl (C=O) groups excluding carboxylic acids is 1. The van der Waals surface area contributed by atoms with Gasteiger partial charge >= 0.3 is 0 Å². The van der Waals surface area contributed by atoms with Gasteiger partial charge in [-0.2, -0.15) is 0 Å². The average Bonchev–Trinajstić information content (AvgIpc) is 2.81. The maximum Gasteiger partial charge on any atom is 0.242 e. The molecule has 25 heavy (non-hydrogen) atoms. The van der Waals surface area contributed by atoms with E-state index in [0.29, 0.717) is 17.4 Å². The molecule has 0 unspecified atom stereocenters. The highest BCUT2D eigenvalue weighted by atomic mass is 79.9. The van der Waals surface area contributed by atoms with Gasteiger partial charge in [-0.25, -0.2) is 13.1 Å². The third-order valence-electron chi connectivity index (χ3n) is 5.10. The third-order valence-corrected chi connectivity index (χ3v) is 7.58. The van der Waals surface area contributed by atoms with Crippen molar-refractivity contribution in [2.24, 2.45) is 0 Å². The van der Waals surface area contributed by atoms with Crippen molar-refractivity contribution in [3.05, 3.63) is 22.2 Å². The second-order valence-corrected chi connectivity index (χ2v) is 9.41. The van der Waals surface area contributed by atoms with Gasteiger partial charge in [-0.05, 0) is 52.9 Å². The molecule has 1 N–H and O–H groups in total. The minimum Gasteiger partial charge on any atom is -0.312 e. The Morgan fingerprint density at radius 1 is 1.24 bits per heavy atom. The van der Waals surface area contributed by atoms with Crippen molar-refractivity contribution in [2.45, 2.75) is 69.2 Å². The molecule has 0 saturated heterocycles. The Hall–Kier alpha value is -0.920. The maximum atomic E-state index is 12.9. The molecule has 1 aliphatic carbocycles. The number of amides is 1. The fourth-order valence-electron chi connectivity index (χ4n) is 3.72. The summed E-state index contributed by atoms with van der Waals surface area (Å²) in [7, 11) is -3.62. The molecule has 0 spiro atoms. The lowest BCUT2D eigenvalue weighted by Gasteiger charge is -2.20. The lowest BCUT2D eigenvalue weighted by atomic mass is 10.1. The Kier molecular flexibility index (Phi) is 5.85. The number of rotatable bonds is 4. The Bertz CT molecular complexity index is 756. The van der Waals surface area contributed by atoms with E-state index >= 15 is 0 Å². The van der Waals surface area contributed by atoms with E-state index < -0.39 is 10.0 Å². The molecule has 1 aliphatic heterocycles. The number of hydrogen-bond acceptors (Lipinski definition) is 3. The van der Waals surface area contributed by atoms with Gasteiger partial charge in [0, 0.05) is 29.2 Å². The zero-order valence-electron chi connectivity index (χ0n) is 14.6. The van der Waals surface area contributed by atoms with Gasteiger partial charge in [-0.3, -0.25) is 4.79 Å². The molecule has 0 radical (unpaired) electrons. The maximum absolute atomic E-state index is 12.9. The molecule has 1 fully saturated rings. The monoisotopic (exact) mass is 428 g/mol. The highest BCUT2D eigenvalue weighted by molar-refractivity contribution is 9.10. The molecule has 1 saturated carbocycles. The number of hydrogen-bond donors (Lipinski definition) is 1. The lowest BCUT2D eigenvalue weighted by Crippen LogP contribution is -2.34. The zero-order valence-corrected chi connectivity index (χ0v) is 17.0. The number of nitrogens with one attached hydrogen (secondary N) is 1. The first-order valence-corrected chi connectivity index (χ1v) is 11.3. The molecular formula is C18H25BrN2O3S. The Balaban J connectivity index is 1.89. The topological polar surface area (TPSA) is 66.5 Å². The van der Waals surface area contributed by atoms with Crippen LogP contribution in [0.15, 0.2) is 21.5 Å². The Morgan fingerprint density at radius 2 is 1.92 bits per heavy atom. The molecule has 1 heterocycles. The molecule has 0 aromatic heterocycles. The number of halogens is 1. The SMILES string of the molecule is CCC(=O)N1CCc2cc(Br)c(S(=O)(=O)NC3CCCCCC3)cc21. The van der Waals surface area contributed by atoms with E-state index in [4.69, 9.17) is 0 Å². The van der Waals surface area contributed by atoms with Crippen LogP contribution in [0.3, 0.4) is 0 Å². The van der Waals surface area contributed by atoms with Crippen molar-refractivity contribution >= 4 is 37.5 Å². The van der Waals surface area contributed by atoms with Crippen LogP contribution in [0, 0.1) is 0 Å². The molecule has 1 aromatic rings. The molecule has 5 nitrogen and oxygen atoms in total. The van der Waals surface area contributed by atoms with Crippen LogP contribution in [0.2, 0.25) is 0 Å². The van der Waals surface area contributed by atoms with E-state index in [1.165, 1.54) is 12.8 Å². The quantitative estimate of drug-likeness (QED) is 0.742. The summed E-state index contributed by atoms with van der Waals surface area (Å²) >= 11 is 3.42. The van der Waals surface area contributed by atoms with Gasteiger partial charge < -0.3 is 4.90 Å². The van der Waals surface area contributed by atoms with E-state index in [0.717, 1.165) is 43.4 Å². The largest absolute Gasteiger partial charge is 0.312 e. The fraction of sp³-hybridized carbons (Fsp3) is 0.611. The van der Waals surface area contributed by atoms with Crippen LogP contribution < -0.4 is 9.62 Å². The van der Waals surface area contributed by atoms with E-state index in [9.17, 15) is 13.2 Å². The number of benzene rings is 1. The fourth-order valence-corrected chi connectivity index (χ4v) is 6.14. The van der Waals surface area contributed by atoms with Crippen LogP contribution >= 0.6 is 15.9 Å². The van der Waals surface area contributed by atoms with Gasteiger partial charge in [-0.1, -0.05) is 32.6 Å². The minimum absolute atomic E-state index is 0.000955. The first-order chi connectivity index (χ1) is 11.9. The third kappa shape index (κ3) is 4.09. The van der Waals surface area contributed by atoms with Crippen molar-refractivity contribution in [1.82, 2.24) is 4.72 Å². The van der Waals surface area contributed by atoms with Crippen LogP contribution in [0.5, 0.6) is 0 Å². The number of nitrogens with zero attached hydrogens (tertiary/aromatic N) is 1. The minimum atomic E-state index is -3.62. The first-order valence-electron chi connectivity index (χ1n) is 9.07. The summed E-state index contributed by atoms with van der Waals surface area (Å²) in [4.78, 5) is 14.1. The molecule has 2 aliphatic rings. The second kappa shape index (κ2) is 7.76. The standard InChI is InChI=1S/C18H25BrN2O3S/c1-2-18(22)21-10-9-13-11-15(19)17(12-16(13)21)25(23,24)20-14-7-5-3-4-6-8-14/h11-12,14,20H,2-10H2,1H3. The van der Waals surface area contributed by atoms with E-state index in [2.05, 4.69) is 20.7 Å². The van der Waals surface area contributed by atoms with Crippen molar-refractivity contribution in [3.8, 4) is 0 Å². The number of fused-ring (bicyclic) bond motifs is 1. The zero-order chi connectivity index (χ0) is 18.0. The summed E-state index contributed by atoms with van der Waals surface area (Å²) in [5, 5.41) is 0. The summed E-state index contributed by atoms with van der Waals surface area (Å²) in [6.45, 7) is 2.44. The van der Waals surface area contributed by atoms with Crippen LogP contribution in [0.4, 0.5) is 5.69 Å². The summed E-state index contributed by atoms with van der Waals surface area (Å²) < 4.78 is 29.3. The molecule has 1 amide bonds. The summed E-state index contributed by atoms with van der Waals surface area (Å²) in [5.74, 6) is 0.0288. The normalized spacial score (nSPS) is 18.9. The van der Waals surface area contributed by atoms with Crippen molar-refractivity contribution in [2.75, 3.05) is 11.4 Å². The van der Waals surface area contributed by atoms with Gasteiger partial charge in [0.2, 0.25) is 15.9 Å². The average molecular weight is 429 g/mol. The van der Waals surface area contributed by atoms with Crippen molar-refractivity contribution < 1.29 is 13.2 Å². The van der Waals surface area contributed by atoms with Crippen LogP contribution in [-0.2, 0) is 21.2 Å². The van der Waals surface area contributed by atoms with Gasteiger partial charge in [0.05, 0.1) is 4.90 Å². The van der Waals surface area contributed by atoms with Gasteiger partial charge in [0.15, 0.2) is 0 Å². The van der Waals surface area contributed by atoms with Crippen molar-refractivity contribution in [3.63, 3.8) is 0 Å². The van der Waals surface area contributed by atoms with Gasteiger partial charge in [0.1, 0.15) is 0 Å². The van der Waals surface area contributed by atoms with E-state index in [-0.39, 0.29) is 16.8 Å². The summed E-state index contributed by atoms with van der Waals surface area (Å²) in [6, 6.07) is 3.50. The van der Waals surface area contributed by atoms with Gasteiger partial charge in [-0.15, -0.1) is 0 Å². The van der Waals surface area contributed by atoms with Gasteiger partial charge in [0.25, 0.3) is 0 Å². The van der Waals surface area contributed by atoms with Crippen LogP contribution in [-0.4, -0.2) is 26.9 Å². The molecule has 138 valence electrons. The molecule has 7 heteroatoms.